The predicted octanol–water partition coefficient (Wildman–Crippen LogP) is 1.03. The molecule has 5 nitrogen and oxygen atoms in total. The lowest BCUT2D eigenvalue weighted by Gasteiger charge is -2.27. The number of carbonyl (C=O) groups is 2. The molecule has 1 aromatic rings. The van der Waals surface area contributed by atoms with Crippen LogP contribution in [0.1, 0.15) is 18.9 Å². The Hall–Kier alpha value is -1.88. The van der Waals surface area contributed by atoms with E-state index in [0.717, 1.165) is 24.2 Å². The minimum atomic E-state index is -0.937. The van der Waals surface area contributed by atoms with Crippen molar-refractivity contribution in [2.75, 3.05) is 11.4 Å². The van der Waals surface area contributed by atoms with E-state index in [9.17, 15) is 14.7 Å². The fourth-order valence-electron chi connectivity index (χ4n) is 3.23. The van der Waals surface area contributed by atoms with Gasteiger partial charge in [-0.05, 0) is 31.5 Å². The maximum atomic E-state index is 12.8. The van der Waals surface area contributed by atoms with Crippen molar-refractivity contribution >= 4 is 17.6 Å². The summed E-state index contributed by atoms with van der Waals surface area (Å²) in [6.45, 7) is 2.79. The number of anilines is 1. The summed E-state index contributed by atoms with van der Waals surface area (Å²) >= 11 is 0. The number of fused-ring (bicyclic) bond motifs is 1. The Labute approximate surface area is 117 Å². The molecule has 0 saturated carbocycles. The number of hydrogen-bond donors (Lipinski definition) is 2. The molecular weight excluding hydrogens is 256 g/mol. The normalized spacial score (nSPS) is 28.4. The zero-order valence-corrected chi connectivity index (χ0v) is 11.4. The van der Waals surface area contributed by atoms with Gasteiger partial charge < -0.3 is 10.4 Å². The largest absolute Gasteiger partial charge is 0.480 e. The second-order valence-electron chi connectivity index (χ2n) is 5.53. The molecule has 2 N–H and O–H groups in total. The Bertz CT molecular complexity index is 558. The van der Waals surface area contributed by atoms with E-state index >= 15 is 0 Å². The first-order valence-corrected chi connectivity index (χ1v) is 6.96. The monoisotopic (exact) mass is 274 g/mol. The molecule has 106 valence electrons. The summed E-state index contributed by atoms with van der Waals surface area (Å²) < 4.78 is 0. The number of benzene rings is 1. The summed E-state index contributed by atoms with van der Waals surface area (Å²) in [7, 11) is 0. The van der Waals surface area contributed by atoms with Gasteiger partial charge in [0.2, 0.25) is 5.91 Å². The first kappa shape index (κ1) is 13.1. The van der Waals surface area contributed by atoms with Crippen LogP contribution in [0.5, 0.6) is 0 Å². The molecule has 2 unspecified atom stereocenters. The summed E-state index contributed by atoms with van der Waals surface area (Å²) in [4.78, 5) is 25.7. The predicted molar refractivity (Wildman–Crippen MR) is 74.6 cm³/mol. The highest BCUT2D eigenvalue weighted by Crippen LogP contribution is 2.34. The molecule has 1 aromatic carbocycles. The van der Waals surface area contributed by atoms with Gasteiger partial charge in [-0.25, -0.2) is 4.79 Å². The molecule has 2 aliphatic rings. The number of nitrogens with one attached hydrogen (secondary N) is 1. The molecule has 3 atom stereocenters. The number of para-hydroxylation sites is 1. The first-order valence-electron chi connectivity index (χ1n) is 6.96. The highest BCUT2D eigenvalue weighted by atomic mass is 16.4. The summed E-state index contributed by atoms with van der Waals surface area (Å²) in [5.74, 6) is -1.14. The molecule has 2 aliphatic heterocycles. The van der Waals surface area contributed by atoms with Crippen molar-refractivity contribution in [3.05, 3.63) is 29.8 Å². The lowest BCUT2D eigenvalue weighted by Crippen LogP contribution is -2.47. The molecule has 1 fully saturated rings. The van der Waals surface area contributed by atoms with E-state index in [2.05, 4.69) is 5.32 Å². The van der Waals surface area contributed by atoms with Crippen molar-refractivity contribution in [3.8, 4) is 0 Å². The SMILES string of the molecule is CC1NCCC1C(=O)N1c2ccccc2C[C@H]1C(=O)O. The van der Waals surface area contributed by atoms with Gasteiger partial charge in [-0.3, -0.25) is 9.69 Å². The fourth-order valence-corrected chi connectivity index (χ4v) is 3.23. The number of amides is 1. The number of nitrogens with zero attached hydrogens (tertiary/aromatic N) is 1. The van der Waals surface area contributed by atoms with Crippen LogP contribution in [0.2, 0.25) is 0 Å². The van der Waals surface area contributed by atoms with E-state index < -0.39 is 12.0 Å². The maximum absolute atomic E-state index is 12.8. The van der Waals surface area contributed by atoms with Crippen LogP contribution in [0, 0.1) is 5.92 Å². The van der Waals surface area contributed by atoms with Crippen molar-refractivity contribution in [3.63, 3.8) is 0 Å². The fraction of sp³-hybridized carbons (Fsp3) is 0.467. The van der Waals surface area contributed by atoms with Gasteiger partial charge in [-0.2, -0.15) is 0 Å². The van der Waals surface area contributed by atoms with E-state index in [1.807, 2.05) is 31.2 Å². The van der Waals surface area contributed by atoms with E-state index in [4.69, 9.17) is 0 Å². The average molecular weight is 274 g/mol. The highest BCUT2D eigenvalue weighted by Gasteiger charge is 2.42. The molecule has 1 amide bonds. The van der Waals surface area contributed by atoms with Gasteiger partial charge in [0.25, 0.3) is 0 Å². The average Bonchev–Trinajstić information content (AvgIpc) is 3.01. The van der Waals surface area contributed by atoms with Gasteiger partial charge in [0.15, 0.2) is 0 Å². The molecule has 20 heavy (non-hydrogen) atoms. The standard InChI is InChI=1S/C15H18N2O3/c1-9-11(6-7-16-9)14(18)17-12-5-3-2-4-10(12)8-13(17)15(19)20/h2-5,9,11,13,16H,6-8H2,1H3,(H,19,20)/t9?,11?,13-/m0/s1. The lowest BCUT2D eigenvalue weighted by atomic mass is 9.99. The molecule has 0 aromatic heterocycles. The van der Waals surface area contributed by atoms with Crippen molar-refractivity contribution in [1.82, 2.24) is 5.32 Å². The topological polar surface area (TPSA) is 69.6 Å². The van der Waals surface area contributed by atoms with Gasteiger partial charge in [-0.15, -0.1) is 0 Å². The summed E-state index contributed by atoms with van der Waals surface area (Å²) in [5.41, 5.74) is 1.69. The highest BCUT2D eigenvalue weighted by molar-refractivity contribution is 6.03. The van der Waals surface area contributed by atoms with Crippen LogP contribution in [0.15, 0.2) is 24.3 Å². The Kier molecular flexibility index (Phi) is 3.22. The van der Waals surface area contributed by atoms with Gasteiger partial charge in [0, 0.05) is 18.2 Å². The van der Waals surface area contributed by atoms with E-state index in [1.165, 1.54) is 4.90 Å². The van der Waals surface area contributed by atoms with Crippen LogP contribution in [-0.4, -0.2) is 35.6 Å². The second-order valence-corrected chi connectivity index (χ2v) is 5.53. The van der Waals surface area contributed by atoms with Crippen molar-refractivity contribution < 1.29 is 14.7 Å². The molecule has 5 heteroatoms. The number of rotatable bonds is 2. The van der Waals surface area contributed by atoms with Crippen LogP contribution in [0.25, 0.3) is 0 Å². The molecule has 1 saturated heterocycles. The first-order chi connectivity index (χ1) is 9.59. The van der Waals surface area contributed by atoms with E-state index in [0.29, 0.717) is 6.42 Å². The van der Waals surface area contributed by atoms with Crippen molar-refractivity contribution in [2.24, 2.45) is 5.92 Å². The molecule has 0 radical (unpaired) electrons. The zero-order valence-electron chi connectivity index (χ0n) is 11.4. The Morgan fingerprint density at radius 2 is 2.10 bits per heavy atom. The number of carboxylic acids is 1. The number of aliphatic carboxylic acids is 1. The number of hydrogen-bond acceptors (Lipinski definition) is 3. The van der Waals surface area contributed by atoms with Gasteiger partial charge >= 0.3 is 5.97 Å². The summed E-state index contributed by atoms with van der Waals surface area (Å²) in [6.07, 6.45) is 1.16. The number of carbonyl (C=O) groups excluding carboxylic acids is 1. The van der Waals surface area contributed by atoms with Crippen molar-refractivity contribution in [2.45, 2.75) is 31.8 Å². The smallest absolute Gasteiger partial charge is 0.327 e. The zero-order chi connectivity index (χ0) is 14.3. The Morgan fingerprint density at radius 3 is 2.75 bits per heavy atom. The maximum Gasteiger partial charge on any atom is 0.327 e. The molecular formula is C15H18N2O3. The molecule has 0 aliphatic carbocycles. The third kappa shape index (κ3) is 1.98. The molecule has 2 heterocycles. The van der Waals surface area contributed by atoms with E-state index in [-0.39, 0.29) is 17.9 Å². The van der Waals surface area contributed by atoms with Gasteiger partial charge in [0.05, 0.1) is 5.92 Å². The summed E-state index contributed by atoms with van der Waals surface area (Å²) in [5, 5.41) is 12.7. The third-order valence-electron chi connectivity index (χ3n) is 4.34. The summed E-state index contributed by atoms with van der Waals surface area (Å²) in [6, 6.07) is 6.79. The van der Waals surface area contributed by atoms with Gasteiger partial charge in [0.1, 0.15) is 6.04 Å². The van der Waals surface area contributed by atoms with Crippen LogP contribution < -0.4 is 10.2 Å². The Balaban J connectivity index is 1.96. The second kappa shape index (κ2) is 4.90. The van der Waals surface area contributed by atoms with Crippen LogP contribution in [0.4, 0.5) is 5.69 Å². The number of carboxylic acid groups (broad SMARTS) is 1. The van der Waals surface area contributed by atoms with Gasteiger partial charge in [-0.1, -0.05) is 18.2 Å². The lowest BCUT2D eigenvalue weighted by molar-refractivity contribution is -0.140. The van der Waals surface area contributed by atoms with Crippen molar-refractivity contribution in [1.29, 1.82) is 0 Å². The van der Waals surface area contributed by atoms with Crippen LogP contribution >= 0.6 is 0 Å². The molecule has 3 rings (SSSR count). The minimum Gasteiger partial charge on any atom is -0.480 e. The van der Waals surface area contributed by atoms with Crippen LogP contribution in [0.3, 0.4) is 0 Å². The van der Waals surface area contributed by atoms with E-state index in [1.54, 1.807) is 0 Å². The van der Waals surface area contributed by atoms with Crippen LogP contribution in [-0.2, 0) is 16.0 Å². The molecule has 0 spiro atoms. The minimum absolute atomic E-state index is 0.0696. The molecule has 0 bridgehead atoms. The third-order valence-corrected chi connectivity index (χ3v) is 4.34. The Morgan fingerprint density at radius 1 is 1.35 bits per heavy atom. The quantitative estimate of drug-likeness (QED) is 0.845.